The number of aromatic nitrogens is 2. The average Bonchev–Trinajstić information content (AvgIpc) is 3.21. The predicted octanol–water partition coefficient (Wildman–Crippen LogP) is 5.67. The summed E-state index contributed by atoms with van der Waals surface area (Å²) in [4.78, 5) is 15.4. The Morgan fingerprint density at radius 1 is 1.00 bits per heavy atom. The molecule has 1 atom stereocenters. The van der Waals surface area contributed by atoms with Crippen molar-refractivity contribution in [1.82, 2.24) is 9.55 Å². The Labute approximate surface area is 201 Å². The summed E-state index contributed by atoms with van der Waals surface area (Å²) in [5, 5.41) is 9.25. The Morgan fingerprint density at radius 3 is 2.50 bits per heavy atom. The Kier molecular flexibility index (Phi) is 7.75. The molecule has 0 spiro atoms. The second-order valence-corrected chi connectivity index (χ2v) is 9.59. The summed E-state index contributed by atoms with van der Waals surface area (Å²) in [6.45, 7) is 2.54. The van der Waals surface area contributed by atoms with Gasteiger partial charge in [0, 0.05) is 18.2 Å². The first-order valence-electron chi connectivity index (χ1n) is 11.4. The van der Waals surface area contributed by atoms with Gasteiger partial charge in [-0.15, -0.1) is 0 Å². The molecule has 7 heteroatoms. The van der Waals surface area contributed by atoms with Gasteiger partial charge in [-0.25, -0.2) is 4.98 Å². The topological polar surface area (TPSA) is 81.4 Å². The quantitative estimate of drug-likeness (QED) is 0.282. The van der Waals surface area contributed by atoms with E-state index in [1.54, 1.807) is 0 Å². The molecule has 4 aromatic rings. The van der Waals surface area contributed by atoms with Crippen LogP contribution >= 0.6 is 0 Å². The van der Waals surface area contributed by atoms with E-state index in [1.807, 2.05) is 84.3 Å². The first-order chi connectivity index (χ1) is 16.5. The standard InChI is InChI=1S/C27H28N2O4S/c1-20-11-13-22(14-12-20)29-25-18-23(33-17-7-3-6-10-26(30)31)15-16-24(25)28-27(29)34(32)19-21-8-4-2-5-9-21/h2,4-5,8-9,11-16,18H,3,6-7,10,17,19H2,1H3,(H,30,31). The number of fused-ring (bicyclic) bond motifs is 1. The van der Waals surface area contributed by atoms with Gasteiger partial charge in [-0.05, 0) is 56.0 Å². The molecule has 1 aromatic heterocycles. The van der Waals surface area contributed by atoms with Crippen molar-refractivity contribution in [2.45, 2.75) is 43.5 Å². The van der Waals surface area contributed by atoms with E-state index in [9.17, 15) is 9.00 Å². The molecule has 6 nitrogen and oxygen atoms in total. The zero-order valence-corrected chi connectivity index (χ0v) is 20.0. The first kappa shape index (κ1) is 23.7. The van der Waals surface area contributed by atoms with Crippen molar-refractivity contribution < 1.29 is 18.8 Å². The van der Waals surface area contributed by atoms with Crippen molar-refractivity contribution in [2.75, 3.05) is 6.61 Å². The highest BCUT2D eigenvalue weighted by molar-refractivity contribution is 7.84. The highest BCUT2D eigenvalue weighted by Gasteiger charge is 2.19. The van der Waals surface area contributed by atoms with Crippen LogP contribution in [0.15, 0.2) is 78.0 Å². The van der Waals surface area contributed by atoms with Gasteiger partial charge in [0.25, 0.3) is 0 Å². The molecule has 4 rings (SSSR count). The summed E-state index contributed by atoms with van der Waals surface area (Å²) in [6.07, 6.45) is 2.42. The molecular formula is C27H28N2O4S. The lowest BCUT2D eigenvalue weighted by Gasteiger charge is -2.11. The Bertz CT molecular complexity index is 1280. The van der Waals surface area contributed by atoms with Gasteiger partial charge in [-0.3, -0.25) is 13.6 Å². The van der Waals surface area contributed by atoms with Gasteiger partial charge in [-0.2, -0.15) is 0 Å². The van der Waals surface area contributed by atoms with Gasteiger partial charge in [0.05, 0.1) is 34.2 Å². The van der Waals surface area contributed by atoms with E-state index in [0.29, 0.717) is 29.7 Å². The maximum Gasteiger partial charge on any atom is 0.303 e. The van der Waals surface area contributed by atoms with Crippen LogP contribution in [0.4, 0.5) is 0 Å². The molecular weight excluding hydrogens is 448 g/mol. The predicted molar refractivity (Wildman–Crippen MR) is 134 cm³/mol. The van der Waals surface area contributed by atoms with Crippen LogP contribution in [-0.4, -0.2) is 31.4 Å². The number of hydrogen-bond donors (Lipinski definition) is 1. The summed E-state index contributed by atoms with van der Waals surface area (Å²) in [6, 6.07) is 23.6. The molecule has 0 fully saturated rings. The molecule has 0 amide bonds. The molecule has 1 heterocycles. The van der Waals surface area contributed by atoms with Crippen LogP contribution in [0, 0.1) is 6.92 Å². The third-order valence-electron chi connectivity index (χ3n) is 5.54. The summed E-state index contributed by atoms with van der Waals surface area (Å²) in [5.74, 6) is 0.325. The van der Waals surface area contributed by atoms with Crippen molar-refractivity contribution in [2.24, 2.45) is 0 Å². The number of carbonyl (C=O) groups is 1. The number of rotatable bonds is 11. The fourth-order valence-corrected chi connectivity index (χ4v) is 4.99. The molecule has 0 aliphatic carbocycles. The minimum atomic E-state index is -1.34. The van der Waals surface area contributed by atoms with Gasteiger partial charge in [0.1, 0.15) is 5.75 Å². The number of aryl methyl sites for hydroxylation is 1. The van der Waals surface area contributed by atoms with Gasteiger partial charge in [-0.1, -0.05) is 48.0 Å². The Hall–Kier alpha value is -3.45. The van der Waals surface area contributed by atoms with E-state index < -0.39 is 16.8 Å². The molecule has 1 unspecified atom stereocenters. The number of benzene rings is 3. The highest BCUT2D eigenvalue weighted by atomic mass is 32.2. The van der Waals surface area contributed by atoms with Gasteiger partial charge in [0.2, 0.25) is 5.16 Å². The maximum absolute atomic E-state index is 13.4. The monoisotopic (exact) mass is 476 g/mol. The Morgan fingerprint density at radius 2 is 1.76 bits per heavy atom. The summed E-state index contributed by atoms with van der Waals surface area (Å²) >= 11 is 0. The number of carboxylic acid groups (broad SMARTS) is 1. The van der Waals surface area contributed by atoms with Crippen LogP contribution in [0.1, 0.15) is 36.8 Å². The summed E-state index contributed by atoms with van der Waals surface area (Å²) < 4.78 is 21.3. The van der Waals surface area contributed by atoms with Crippen LogP contribution in [0.25, 0.3) is 16.7 Å². The molecule has 0 radical (unpaired) electrons. The third-order valence-corrected chi connectivity index (χ3v) is 6.81. The number of carboxylic acids is 1. The van der Waals surface area contributed by atoms with E-state index in [-0.39, 0.29) is 6.42 Å². The number of ether oxygens (including phenoxy) is 1. The fraction of sp³-hybridized carbons (Fsp3) is 0.259. The lowest BCUT2D eigenvalue weighted by molar-refractivity contribution is -0.137. The van der Waals surface area contributed by atoms with E-state index >= 15 is 0 Å². The average molecular weight is 477 g/mol. The summed E-state index contributed by atoms with van der Waals surface area (Å²) in [5.41, 5.74) is 4.63. The zero-order valence-electron chi connectivity index (χ0n) is 19.1. The van der Waals surface area contributed by atoms with Crippen LogP contribution in [0.3, 0.4) is 0 Å². The lowest BCUT2D eigenvalue weighted by Crippen LogP contribution is -2.06. The number of nitrogens with zero attached hydrogens (tertiary/aromatic N) is 2. The van der Waals surface area contributed by atoms with Crippen LogP contribution in [0.5, 0.6) is 5.75 Å². The minimum absolute atomic E-state index is 0.185. The second-order valence-electron chi connectivity index (χ2n) is 8.24. The van der Waals surface area contributed by atoms with Gasteiger partial charge >= 0.3 is 5.97 Å². The van der Waals surface area contributed by atoms with Crippen molar-refractivity contribution in [3.05, 3.63) is 83.9 Å². The number of hydrogen-bond acceptors (Lipinski definition) is 4. The molecule has 3 aromatic carbocycles. The number of unbranched alkanes of at least 4 members (excludes halogenated alkanes) is 2. The summed E-state index contributed by atoms with van der Waals surface area (Å²) in [7, 11) is -1.34. The van der Waals surface area contributed by atoms with Gasteiger partial charge in [0.15, 0.2) is 0 Å². The van der Waals surface area contributed by atoms with Crippen molar-refractivity contribution in [3.63, 3.8) is 0 Å². The van der Waals surface area contributed by atoms with E-state index in [1.165, 1.54) is 0 Å². The van der Waals surface area contributed by atoms with Gasteiger partial charge < -0.3 is 9.84 Å². The van der Waals surface area contributed by atoms with Crippen molar-refractivity contribution in [3.8, 4) is 11.4 Å². The van der Waals surface area contributed by atoms with Crippen LogP contribution in [0.2, 0.25) is 0 Å². The molecule has 0 saturated carbocycles. The molecule has 1 N–H and O–H groups in total. The third kappa shape index (κ3) is 5.91. The van der Waals surface area contributed by atoms with E-state index in [4.69, 9.17) is 14.8 Å². The fourth-order valence-electron chi connectivity index (χ4n) is 3.75. The normalized spacial score (nSPS) is 12.0. The zero-order chi connectivity index (χ0) is 23.9. The maximum atomic E-state index is 13.4. The largest absolute Gasteiger partial charge is 0.494 e. The molecule has 0 saturated heterocycles. The van der Waals surface area contributed by atoms with E-state index in [2.05, 4.69) is 0 Å². The molecule has 0 bridgehead atoms. The number of aliphatic carboxylic acids is 1. The highest BCUT2D eigenvalue weighted by Crippen LogP contribution is 2.28. The number of imidazole rings is 1. The first-order valence-corrected chi connectivity index (χ1v) is 12.7. The second kappa shape index (κ2) is 11.1. The van der Waals surface area contributed by atoms with Crippen molar-refractivity contribution in [1.29, 1.82) is 0 Å². The van der Waals surface area contributed by atoms with Crippen LogP contribution < -0.4 is 4.74 Å². The van der Waals surface area contributed by atoms with E-state index in [0.717, 1.165) is 40.7 Å². The Balaban J connectivity index is 1.61. The lowest BCUT2D eigenvalue weighted by atomic mass is 10.2. The minimum Gasteiger partial charge on any atom is -0.494 e. The van der Waals surface area contributed by atoms with Crippen LogP contribution in [-0.2, 0) is 21.3 Å². The molecule has 0 aliphatic rings. The molecule has 0 aliphatic heterocycles. The molecule has 34 heavy (non-hydrogen) atoms. The SMILES string of the molecule is Cc1ccc(-n2c(S(=O)Cc3ccccc3)nc3ccc(OCCCCCC(=O)O)cc32)cc1. The van der Waals surface area contributed by atoms with Crippen molar-refractivity contribution >= 4 is 27.8 Å². The molecule has 176 valence electrons. The smallest absolute Gasteiger partial charge is 0.303 e.